The molecular weight excluding hydrogens is 280 g/mol. The highest BCUT2D eigenvalue weighted by atomic mass is 32.2. The van der Waals surface area contributed by atoms with Crippen molar-refractivity contribution in [1.29, 1.82) is 0 Å². The zero-order valence-corrected chi connectivity index (χ0v) is 11.7. The van der Waals surface area contributed by atoms with Crippen molar-refractivity contribution in [2.24, 2.45) is 5.73 Å². The molecule has 0 aromatic carbocycles. The van der Waals surface area contributed by atoms with Crippen molar-refractivity contribution in [3.05, 3.63) is 23.7 Å². The van der Waals surface area contributed by atoms with Crippen LogP contribution in [0.5, 0.6) is 0 Å². The summed E-state index contributed by atoms with van der Waals surface area (Å²) in [5.74, 6) is 2.64. The van der Waals surface area contributed by atoms with E-state index in [1.807, 2.05) is 0 Å². The second-order valence-electron chi connectivity index (χ2n) is 4.66. The first kappa shape index (κ1) is 14.6. The van der Waals surface area contributed by atoms with E-state index in [0.717, 1.165) is 0 Å². The molecule has 1 fully saturated rings. The van der Waals surface area contributed by atoms with Gasteiger partial charge in [-0.05, 0) is 18.6 Å². The number of furan rings is 1. The fourth-order valence-electron chi connectivity index (χ4n) is 2.23. The monoisotopic (exact) mass is 296 g/mol. The van der Waals surface area contributed by atoms with Gasteiger partial charge in [0.25, 0.3) is 5.91 Å². The van der Waals surface area contributed by atoms with Gasteiger partial charge in [-0.3, -0.25) is 4.79 Å². The molecule has 0 aliphatic carbocycles. The summed E-state index contributed by atoms with van der Waals surface area (Å²) in [7, 11) is -3.09. The van der Waals surface area contributed by atoms with Gasteiger partial charge in [0.05, 0.1) is 24.6 Å². The number of sulfone groups is 1. The minimum atomic E-state index is -3.09. The predicted molar refractivity (Wildman–Crippen MR) is 73.5 cm³/mol. The molecule has 1 aromatic heterocycles. The summed E-state index contributed by atoms with van der Waals surface area (Å²) in [6.07, 6.45) is 5.67. The average molecular weight is 296 g/mol. The molecule has 1 unspecified atom stereocenters. The SMILES string of the molecule is C#CCN(C(=O)c1ccc(CN)o1)C1CCS(=O)(=O)C1. The maximum Gasteiger partial charge on any atom is 0.290 e. The summed E-state index contributed by atoms with van der Waals surface area (Å²) >= 11 is 0. The number of terminal acetylenes is 1. The van der Waals surface area contributed by atoms with Gasteiger partial charge in [0, 0.05) is 6.04 Å². The number of hydrogen-bond acceptors (Lipinski definition) is 5. The molecule has 108 valence electrons. The molecule has 1 saturated heterocycles. The summed E-state index contributed by atoms with van der Waals surface area (Å²) < 4.78 is 28.4. The van der Waals surface area contributed by atoms with E-state index in [0.29, 0.717) is 12.2 Å². The van der Waals surface area contributed by atoms with Crippen LogP contribution in [0.25, 0.3) is 0 Å². The van der Waals surface area contributed by atoms with Gasteiger partial charge < -0.3 is 15.1 Å². The Balaban J connectivity index is 2.20. The van der Waals surface area contributed by atoms with Crippen LogP contribution in [0.15, 0.2) is 16.5 Å². The third-order valence-corrected chi connectivity index (χ3v) is 5.00. The average Bonchev–Trinajstić information content (AvgIpc) is 3.01. The quantitative estimate of drug-likeness (QED) is 0.789. The lowest BCUT2D eigenvalue weighted by molar-refractivity contribution is 0.0690. The van der Waals surface area contributed by atoms with Gasteiger partial charge in [-0.2, -0.15) is 0 Å². The minimum Gasteiger partial charge on any atom is -0.455 e. The van der Waals surface area contributed by atoms with Crippen LogP contribution in [0.2, 0.25) is 0 Å². The Kier molecular flexibility index (Phi) is 4.16. The summed E-state index contributed by atoms with van der Waals surface area (Å²) in [5, 5.41) is 0. The van der Waals surface area contributed by atoms with Crippen molar-refractivity contribution in [3.63, 3.8) is 0 Å². The molecule has 6 nitrogen and oxygen atoms in total. The first-order valence-electron chi connectivity index (χ1n) is 6.20. The second-order valence-corrected chi connectivity index (χ2v) is 6.89. The van der Waals surface area contributed by atoms with Crippen LogP contribution in [-0.4, -0.2) is 43.3 Å². The van der Waals surface area contributed by atoms with E-state index in [2.05, 4.69) is 5.92 Å². The van der Waals surface area contributed by atoms with E-state index in [9.17, 15) is 13.2 Å². The molecule has 0 spiro atoms. The highest BCUT2D eigenvalue weighted by Gasteiger charge is 2.35. The fraction of sp³-hybridized carbons (Fsp3) is 0.462. The van der Waals surface area contributed by atoms with Gasteiger partial charge in [0.2, 0.25) is 0 Å². The van der Waals surface area contributed by atoms with Crippen LogP contribution in [0.4, 0.5) is 0 Å². The number of hydrogen-bond donors (Lipinski definition) is 1. The van der Waals surface area contributed by atoms with E-state index in [1.165, 1.54) is 11.0 Å². The molecule has 20 heavy (non-hydrogen) atoms. The van der Waals surface area contributed by atoms with Gasteiger partial charge in [0.1, 0.15) is 5.76 Å². The lowest BCUT2D eigenvalue weighted by Gasteiger charge is -2.25. The van der Waals surface area contributed by atoms with E-state index < -0.39 is 21.8 Å². The van der Waals surface area contributed by atoms with Crippen molar-refractivity contribution in [2.75, 3.05) is 18.1 Å². The van der Waals surface area contributed by atoms with Crippen LogP contribution in [0.3, 0.4) is 0 Å². The summed E-state index contributed by atoms with van der Waals surface area (Å²) in [4.78, 5) is 13.7. The summed E-state index contributed by atoms with van der Waals surface area (Å²) in [6.45, 7) is 0.248. The van der Waals surface area contributed by atoms with Crippen LogP contribution in [0.1, 0.15) is 22.7 Å². The molecule has 2 N–H and O–H groups in total. The van der Waals surface area contributed by atoms with Crippen molar-refractivity contribution in [1.82, 2.24) is 4.90 Å². The van der Waals surface area contributed by atoms with E-state index in [4.69, 9.17) is 16.6 Å². The van der Waals surface area contributed by atoms with Gasteiger partial charge in [-0.1, -0.05) is 5.92 Å². The molecule has 1 aliphatic heterocycles. The number of nitrogens with two attached hydrogens (primary N) is 1. The largest absolute Gasteiger partial charge is 0.455 e. The second kappa shape index (κ2) is 5.69. The van der Waals surface area contributed by atoms with Crippen molar-refractivity contribution in [3.8, 4) is 12.3 Å². The standard InChI is InChI=1S/C13H16N2O4S/c1-2-6-15(10-5-7-20(17,18)9-10)13(16)12-4-3-11(8-14)19-12/h1,3-4,10H,5-9,14H2. The zero-order chi connectivity index (χ0) is 14.8. The van der Waals surface area contributed by atoms with Gasteiger partial charge >= 0.3 is 0 Å². The Labute approximate surface area is 117 Å². The normalized spacial score (nSPS) is 20.5. The maximum absolute atomic E-state index is 12.4. The Bertz CT molecular complexity index is 642. The predicted octanol–water partition coefficient (Wildman–Crippen LogP) is 0.000800. The maximum atomic E-state index is 12.4. The van der Waals surface area contributed by atoms with E-state index in [-0.39, 0.29) is 30.4 Å². The van der Waals surface area contributed by atoms with Crippen molar-refractivity contribution < 1.29 is 17.6 Å². The molecule has 1 amide bonds. The van der Waals surface area contributed by atoms with Crippen LogP contribution in [0, 0.1) is 12.3 Å². The number of nitrogens with zero attached hydrogens (tertiary/aromatic N) is 1. The summed E-state index contributed by atoms with van der Waals surface area (Å²) in [6, 6.07) is 2.75. The number of carbonyl (C=O) groups is 1. The van der Waals surface area contributed by atoms with Crippen molar-refractivity contribution in [2.45, 2.75) is 19.0 Å². The summed E-state index contributed by atoms with van der Waals surface area (Å²) in [5.41, 5.74) is 5.43. The van der Waals surface area contributed by atoms with E-state index in [1.54, 1.807) is 6.07 Å². The first-order valence-corrected chi connectivity index (χ1v) is 8.02. The lowest BCUT2D eigenvalue weighted by atomic mass is 10.2. The van der Waals surface area contributed by atoms with Gasteiger partial charge in [0.15, 0.2) is 15.6 Å². The van der Waals surface area contributed by atoms with Crippen LogP contribution >= 0.6 is 0 Å². The highest BCUT2D eigenvalue weighted by molar-refractivity contribution is 7.91. The van der Waals surface area contributed by atoms with Crippen LogP contribution < -0.4 is 5.73 Å². The molecule has 7 heteroatoms. The number of amides is 1. The molecule has 2 heterocycles. The minimum absolute atomic E-state index is 0.0507. The molecule has 0 radical (unpaired) electrons. The molecule has 0 saturated carbocycles. The zero-order valence-electron chi connectivity index (χ0n) is 10.9. The number of carbonyl (C=O) groups excluding carboxylic acids is 1. The highest BCUT2D eigenvalue weighted by Crippen LogP contribution is 2.20. The molecule has 2 rings (SSSR count). The molecule has 1 aliphatic rings. The van der Waals surface area contributed by atoms with Gasteiger partial charge in [-0.25, -0.2) is 8.42 Å². The smallest absolute Gasteiger partial charge is 0.290 e. The van der Waals surface area contributed by atoms with Crippen molar-refractivity contribution >= 4 is 15.7 Å². The molecule has 1 aromatic rings. The topological polar surface area (TPSA) is 93.6 Å². The van der Waals surface area contributed by atoms with Gasteiger partial charge in [-0.15, -0.1) is 6.42 Å². The Morgan fingerprint density at radius 2 is 2.30 bits per heavy atom. The van der Waals surface area contributed by atoms with E-state index >= 15 is 0 Å². The third kappa shape index (κ3) is 3.03. The Hall–Kier alpha value is -1.78. The molecule has 1 atom stereocenters. The van der Waals surface area contributed by atoms with Crippen LogP contribution in [-0.2, 0) is 16.4 Å². The molecular formula is C13H16N2O4S. The first-order chi connectivity index (χ1) is 9.46. The Morgan fingerprint density at radius 1 is 1.55 bits per heavy atom. The lowest BCUT2D eigenvalue weighted by Crippen LogP contribution is -2.41. The Morgan fingerprint density at radius 3 is 2.80 bits per heavy atom. The molecule has 0 bridgehead atoms. The fourth-order valence-corrected chi connectivity index (χ4v) is 3.96. The number of rotatable bonds is 4. The third-order valence-electron chi connectivity index (χ3n) is 3.25.